The van der Waals surface area contributed by atoms with Crippen LogP contribution in [-0.2, 0) is 57.0 Å². The minimum atomic E-state index is -1.32. The van der Waals surface area contributed by atoms with E-state index in [-0.39, 0.29) is 125 Å². The number of methoxy groups -OCH3 is 6. The van der Waals surface area contributed by atoms with Crippen molar-refractivity contribution in [3.05, 3.63) is 160 Å². The maximum Gasteiger partial charge on any atom is 0.409 e. The number of benzene rings is 3. The highest BCUT2D eigenvalue weighted by molar-refractivity contribution is 7.21. The highest BCUT2D eigenvalue weighted by Crippen LogP contribution is 2.57. The van der Waals surface area contributed by atoms with E-state index in [1.165, 1.54) is 83.9 Å². The molecule has 0 bridgehead atoms. The minimum absolute atomic E-state index is 0.00421. The van der Waals surface area contributed by atoms with Crippen molar-refractivity contribution in [3.8, 4) is 49.6 Å². The van der Waals surface area contributed by atoms with Gasteiger partial charge in [-0.1, -0.05) is 54.6 Å². The molecule has 6 aromatic heterocycles. The zero-order chi connectivity index (χ0) is 91.5. The minimum Gasteiger partial charge on any atom is -0.496 e. The van der Waals surface area contributed by atoms with Gasteiger partial charge in [0.05, 0.1) is 131 Å². The first-order valence-electron chi connectivity index (χ1n) is 43.4. The van der Waals surface area contributed by atoms with E-state index in [2.05, 4.69) is 36.6 Å². The lowest BCUT2D eigenvalue weighted by Gasteiger charge is -2.45. The molecule has 9 aromatic rings. The van der Waals surface area contributed by atoms with E-state index in [0.29, 0.717) is 142 Å². The lowest BCUT2D eigenvalue weighted by atomic mass is 9.69. The Hall–Kier alpha value is -10.8. The van der Waals surface area contributed by atoms with Crippen molar-refractivity contribution in [2.75, 3.05) is 156 Å². The predicted octanol–water partition coefficient (Wildman–Crippen LogP) is 15.6. The van der Waals surface area contributed by atoms with Gasteiger partial charge in [0.15, 0.2) is 17.3 Å². The van der Waals surface area contributed by atoms with Crippen molar-refractivity contribution < 1.29 is 113 Å². The molecule has 15 heterocycles. The third-order valence-corrected chi connectivity index (χ3v) is 29.8. The molecule has 37 heteroatoms. The summed E-state index contributed by atoms with van der Waals surface area (Å²) in [6.07, 6.45) is 12.8. The van der Waals surface area contributed by atoms with Gasteiger partial charge in [-0.15, -0.1) is 34.0 Å². The van der Waals surface area contributed by atoms with Crippen molar-refractivity contribution in [3.63, 3.8) is 0 Å². The number of para-hydroxylation sites is 3. The second-order valence-electron chi connectivity index (χ2n) is 32.8. The number of Topliss-reactive ketones (excluding diaryl/α,β-unsaturated/α-hetero) is 3. The van der Waals surface area contributed by atoms with Crippen LogP contribution in [0.25, 0.3) is 32.3 Å². The number of carbonyl (C=O) groups excluding carboxylic acids is 9. The molecule has 0 radical (unpaired) electrons. The van der Waals surface area contributed by atoms with E-state index in [0.717, 1.165) is 76.8 Å². The molecule has 692 valence electrons. The number of ether oxygens (including phenoxy) is 12. The van der Waals surface area contributed by atoms with Crippen LogP contribution >= 0.6 is 45.6 Å². The summed E-state index contributed by atoms with van der Waals surface area (Å²) >= 11 is 8.63. The average Bonchev–Trinajstić information content (AvgIpc) is 1.55. The highest BCUT2D eigenvalue weighted by Gasteiger charge is 2.60. The molecule has 9 aliphatic heterocycles. The van der Waals surface area contributed by atoms with Crippen LogP contribution in [0.15, 0.2) is 123 Å². The smallest absolute Gasteiger partial charge is 0.409 e. The number of carbonyl (C=O) groups is 9. The number of ketones is 3. The van der Waals surface area contributed by atoms with E-state index in [1.807, 2.05) is 93.6 Å². The second kappa shape index (κ2) is 41.8. The van der Waals surface area contributed by atoms with E-state index < -0.39 is 52.2 Å². The fourth-order valence-corrected chi connectivity index (χ4v) is 22.4. The van der Waals surface area contributed by atoms with Gasteiger partial charge < -0.3 is 85.2 Å². The molecule has 0 aliphatic carbocycles. The molecule has 9 aliphatic rings. The van der Waals surface area contributed by atoms with Crippen molar-refractivity contribution in [1.29, 1.82) is 0 Å². The molecule has 3 spiro atoms. The number of nitrogens with one attached hydrogen (secondary N) is 1. The highest BCUT2D eigenvalue weighted by atomic mass is 35.5. The molecular weight excluding hydrogens is 1760 g/mol. The molecule has 33 nitrogen and oxygen atoms in total. The summed E-state index contributed by atoms with van der Waals surface area (Å²) in [5, 5.41) is 5.06. The van der Waals surface area contributed by atoms with E-state index in [1.54, 1.807) is 54.6 Å². The number of piperidine rings is 3. The average molecular weight is 1870 g/mol. The van der Waals surface area contributed by atoms with Crippen LogP contribution in [0.1, 0.15) is 160 Å². The summed E-state index contributed by atoms with van der Waals surface area (Å²) in [5.74, 6) is 1.99. The number of likely N-dealkylation sites (tertiary alicyclic amines) is 2. The van der Waals surface area contributed by atoms with Crippen LogP contribution in [0, 0.1) is 37.0 Å². The third kappa shape index (κ3) is 18.9. The number of rotatable bonds is 21. The summed E-state index contributed by atoms with van der Waals surface area (Å²) in [5.41, 5.74) is 1.84. The number of oxazole rings is 3. The first-order valence-corrected chi connectivity index (χ1v) is 46.3. The number of nitrogens with zero attached hydrogens (tertiary/aromatic N) is 8. The monoisotopic (exact) mass is 1860 g/mol. The predicted molar refractivity (Wildman–Crippen MR) is 480 cm³/mol. The SMILES string of the molecule is COC(=O)Cl.COC(=O)N1CCC2(CC1)C(=O)c1c(sc(-c3ncco3)c1C)N(C[C@H](OC1CCOCC1)c1ccccc1OC)C2=O.COC(=O)N1CCC2(CC1)C(=O)c1c(sc(-c3ncco3)c1C)N(C[C@H](OC1CCOCC1)c1ccccc1OC)C2=O.COc1ccccc1[C@H](CN1C(=O)C2(CCNCC2)C(=O)c2c1sc(-c1ncco1)c2C)OC1CCOCC1. The molecule has 130 heavy (non-hydrogen) atoms. The molecule has 6 fully saturated rings. The van der Waals surface area contributed by atoms with Gasteiger partial charge in [-0.3, -0.25) is 43.5 Å². The van der Waals surface area contributed by atoms with Gasteiger partial charge in [0.2, 0.25) is 35.4 Å². The molecule has 0 unspecified atom stereocenters. The Kier molecular flexibility index (Phi) is 30.2. The van der Waals surface area contributed by atoms with Gasteiger partial charge in [-0.2, -0.15) is 0 Å². The van der Waals surface area contributed by atoms with Crippen LogP contribution in [-0.4, -0.2) is 237 Å². The molecule has 1 N–H and O–H groups in total. The van der Waals surface area contributed by atoms with Crippen LogP contribution in [0.4, 0.5) is 29.4 Å². The van der Waals surface area contributed by atoms with Crippen molar-refractivity contribution in [2.45, 2.75) is 134 Å². The summed E-state index contributed by atoms with van der Waals surface area (Å²) in [6.45, 7) is 12.1. The van der Waals surface area contributed by atoms with Crippen molar-refractivity contribution in [2.24, 2.45) is 16.2 Å². The fourth-order valence-electron chi connectivity index (χ4n) is 18.7. The van der Waals surface area contributed by atoms with Gasteiger partial charge in [0.1, 0.15) is 85.6 Å². The number of halogens is 1. The Morgan fingerprint density at radius 1 is 0.431 bits per heavy atom. The van der Waals surface area contributed by atoms with Crippen LogP contribution in [0.5, 0.6) is 17.2 Å². The van der Waals surface area contributed by atoms with E-state index in [4.69, 9.17) is 65.4 Å². The Morgan fingerprint density at radius 2 is 0.708 bits per heavy atom. The number of hydrogen-bond donors (Lipinski definition) is 1. The summed E-state index contributed by atoms with van der Waals surface area (Å²) in [7, 11) is 8.74. The molecule has 0 saturated carbocycles. The lowest BCUT2D eigenvalue weighted by Crippen LogP contribution is -2.58. The first kappa shape index (κ1) is 93.9. The zero-order valence-corrected chi connectivity index (χ0v) is 77.1. The molecule has 6 saturated heterocycles. The van der Waals surface area contributed by atoms with Crippen LogP contribution in [0.3, 0.4) is 0 Å². The van der Waals surface area contributed by atoms with Gasteiger partial charge in [0, 0.05) is 94.1 Å². The lowest BCUT2D eigenvalue weighted by molar-refractivity contribution is -0.130. The number of hydrogen-bond acceptors (Lipinski definition) is 31. The van der Waals surface area contributed by atoms with Crippen molar-refractivity contribution in [1.82, 2.24) is 30.1 Å². The summed E-state index contributed by atoms with van der Waals surface area (Å²) < 4.78 is 84.5. The quantitative estimate of drug-likeness (QED) is 0.0396. The second-order valence-corrected chi connectivity index (χ2v) is 36.1. The molecular formula is C93H106ClN9O24S3. The Morgan fingerprint density at radius 3 is 0.962 bits per heavy atom. The number of anilines is 3. The Balaban J connectivity index is 0.000000146. The van der Waals surface area contributed by atoms with Gasteiger partial charge in [0.25, 0.3) is 0 Å². The third-order valence-electron chi connectivity index (χ3n) is 25.7. The van der Waals surface area contributed by atoms with Crippen LogP contribution in [0.2, 0.25) is 0 Å². The van der Waals surface area contributed by atoms with Gasteiger partial charge in [-0.05, 0) is 146 Å². The molecule has 3 aromatic carbocycles. The maximum absolute atomic E-state index is 14.7. The Bertz CT molecular complexity index is 5280. The maximum atomic E-state index is 14.7. The number of fused-ring (bicyclic) bond motifs is 3. The summed E-state index contributed by atoms with van der Waals surface area (Å²) in [6, 6.07) is 23.1. The number of amides is 5. The molecule has 18 rings (SSSR count). The van der Waals surface area contributed by atoms with Crippen molar-refractivity contribution >= 4 is 113 Å². The van der Waals surface area contributed by atoms with E-state index in [9.17, 15) is 43.2 Å². The Labute approximate surface area is 768 Å². The molecule has 5 amide bonds. The fraction of sp³-hybridized carbons (Fsp3) is 0.484. The zero-order valence-electron chi connectivity index (χ0n) is 73.9. The van der Waals surface area contributed by atoms with E-state index >= 15 is 0 Å². The molecule has 3 atom stereocenters. The number of thiophene rings is 3. The normalized spacial score (nSPS) is 19.2. The van der Waals surface area contributed by atoms with Crippen LogP contribution < -0.4 is 34.2 Å². The standard InChI is InChI=1S/2C31H35N3O8S.C29H33N3O6S.C2H3ClO2/c2*1-19-24-26(35)31(10-13-33(14-11-31)30(37)39-3)29(36)34(28(24)43-25(19)27-32-12-17-41-27)18-23(42-20-8-15-40-16-9-20)21-6-4-5-7-22(21)38-2;1-18-23-25(33)29(9-11-30-12-10-29)28(34)32(27(23)39-24(18)26-31-13-16-37-26)17-22(38-19-7-14-36-15-8-19)20-5-3-4-6-21(20)35-2;1-5-2(3)4/h2*4-7,12,17,20,23H,8-11,13-16,18H2,1-3H3;3-6,13,16,19,22,30H,7-12,14-15,17H2,1-2H3;1H3/t2*23-;22-;/m000./s1. The van der Waals surface area contributed by atoms with Gasteiger partial charge >= 0.3 is 17.6 Å². The number of aromatic nitrogens is 3. The largest absolute Gasteiger partial charge is 0.496 e. The van der Waals surface area contributed by atoms with Gasteiger partial charge in [-0.25, -0.2) is 29.3 Å². The topological polar surface area (TPSA) is 371 Å². The summed E-state index contributed by atoms with van der Waals surface area (Å²) in [4.78, 5) is 144. The first-order chi connectivity index (χ1) is 63.0.